The third-order valence-electron chi connectivity index (χ3n) is 4.32. The maximum atomic E-state index is 13.7. The summed E-state index contributed by atoms with van der Waals surface area (Å²) < 4.78 is 40.3. The molecule has 2 unspecified atom stereocenters. The van der Waals surface area contributed by atoms with Gasteiger partial charge in [0.25, 0.3) is 0 Å². The first-order chi connectivity index (χ1) is 8.89. The predicted octanol–water partition coefficient (Wildman–Crippen LogP) is 1.89. The van der Waals surface area contributed by atoms with Crippen LogP contribution in [0.3, 0.4) is 0 Å². The molecule has 3 rings (SSSR count). The predicted molar refractivity (Wildman–Crippen MR) is 70.6 cm³/mol. The first kappa shape index (κ1) is 12.9. The van der Waals surface area contributed by atoms with Crippen LogP contribution in [-0.2, 0) is 10.0 Å². The van der Waals surface area contributed by atoms with E-state index >= 15 is 0 Å². The second-order valence-corrected chi connectivity index (χ2v) is 7.42. The summed E-state index contributed by atoms with van der Waals surface area (Å²) in [5, 5.41) is 0. The van der Waals surface area contributed by atoms with Gasteiger partial charge < -0.3 is 5.73 Å². The summed E-state index contributed by atoms with van der Waals surface area (Å²) in [6.45, 7) is 2.10. The van der Waals surface area contributed by atoms with Gasteiger partial charge in [-0.1, -0.05) is 0 Å². The van der Waals surface area contributed by atoms with Gasteiger partial charge in [-0.15, -0.1) is 0 Å². The first-order valence-corrected chi connectivity index (χ1v) is 7.91. The summed E-state index contributed by atoms with van der Waals surface area (Å²) in [6.07, 6.45) is 2.94. The van der Waals surface area contributed by atoms with Gasteiger partial charge in [0.2, 0.25) is 10.0 Å². The lowest BCUT2D eigenvalue weighted by atomic mass is 10.1. The van der Waals surface area contributed by atoms with Gasteiger partial charge in [0.1, 0.15) is 5.82 Å². The van der Waals surface area contributed by atoms with E-state index in [1.54, 1.807) is 6.92 Å². The number of sulfonamides is 1. The van der Waals surface area contributed by atoms with E-state index in [9.17, 15) is 12.8 Å². The highest BCUT2D eigenvalue weighted by atomic mass is 32.2. The standard InChI is InChI=1S/C13H17FN2O2S/c1-8-12(14)5-11(6-13(8)15)19(17,18)16-7-9-2-3-10(16)4-9/h5-6,9-10H,2-4,7,15H2,1H3. The van der Waals surface area contributed by atoms with Gasteiger partial charge in [-0.05, 0) is 44.2 Å². The fourth-order valence-electron chi connectivity index (χ4n) is 3.13. The van der Waals surface area contributed by atoms with Crippen molar-refractivity contribution >= 4 is 15.7 Å². The third kappa shape index (κ3) is 1.94. The number of nitrogens with two attached hydrogens (primary N) is 1. The number of benzene rings is 1. The number of anilines is 1. The third-order valence-corrected chi connectivity index (χ3v) is 6.22. The molecule has 2 aliphatic rings. The summed E-state index contributed by atoms with van der Waals surface area (Å²) >= 11 is 0. The lowest BCUT2D eigenvalue weighted by Gasteiger charge is -2.26. The van der Waals surface area contributed by atoms with Crippen LogP contribution in [-0.4, -0.2) is 25.3 Å². The van der Waals surface area contributed by atoms with E-state index in [1.165, 1.54) is 10.4 Å². The van der Waals surface area contributed by atoms with E-state index in [1.807, 2.05) is 0 Å². The Morgan fingerprint density at radius 3 is 2.63 bits per heavy atom. The molecule has 1 aliphatic carbocycles. The van der Waals surface area contributed by atoms with Crippen LogP contribution >= 0.6 is 0 Å². The molecule has 2 fully saturated rings. The Balaban J connectivity index is 2.01. The molecule has 0 aromatic heterocycles. The average Bonchev–Trinajstić information content (AvgIpc) is 2.97. The van der Waals surface area contributed by atoms with Gasteiger partial charge in [-0.25, -0.2) is 12.8 Å². The molecule has 2 bridgehead atoms. The van der Waals surface area contributed by atoms with E-state index in [0.717, 1.165) is 25.3 Å². The van der Waals surface area contributed by atoms with E-state index in [2.05, 4.69) is 0 Å². The van der Waals surface area contributed by atoms with Crippen LogP contribution in [0.2, 0.25) is 0 Å². The molecule has 1 saturated heterocycles. The summed E-state index contributed by atoms with van der Waals surface area (Å²) in [4.78, 5) is -0.0272. The van der Waals surface area contributed by atoms with Crippen molar-refractivity contribution < 1.29 is 12.8 Å². The molecule has 104 valence electrons. The SMILES string of the molecule is Cc1c(N)cc(S(=O)(=O)N2CC3CCC2C3)cc1F. The molecular formula is C13H17FN2O2S. The van der Waals surface area contributed by atoms with Gasteiger partial charge in [0, 0.05) is 23.8 Å². The lowest BCUT2D eigenvalue weighted by Crippen LogP contribution is -2.37. The van der Waals surface area contributed by atoms with Crippen molar-refractivity contribution in [2.45, 2.75) is 37.1 Å². The summed E-state index contributed by atoms with van der Waals surface area (Å²) in [5.74, 6) is -0.102. The van der Waals surface area contributed by atoms with Crippen molar-refractivity contribution in [2.75, 3.05) is 12.3 Å². The smallest absolute Gasteiger partial charge is 0.243 e. The quantitative estimate of drug-likeness (QED) is 0.844. The van der Waals surface area contributed by atoms with E-state index in [-0.39, 0.29) is 16.6 Å². The number of nitrogen functional groups attached to an aromatic ring is 1. The molecule has 0 amide bonds. The number of rotatable bonds is 2. The van der Waals surface area contributed by atoms with Crippen molar-refractivity contribution in [3.63, 3.8) is 0 Å². The minimum atomic E-state index is -3.62. The van der Waals surface area contributed by atoms with Crippen LogP contribution in [0.15, 0.2) is 17.0 Å². The zero-order valence-corrected chi connectivity index (χ0v) is 11.6. The van der Waals surface area contributed by atoms with Gasteiger partial charge in [0.15, 0.2) is 0 Å². The van der Waals surface area contributed by atoms with Crippen LogP contribution < -0.4 is 5.73 Å². The van der Waals surface area contributed by atoms with Crippen LogP contribution in [0.5, 0.6) is 0 Å². The Labute approximate surface area is 112 Å². The molecule has 1 aliphatic heterocycles. The Kier molecular flexibility index (Phi) is 2.83. The molecule has 0 spiro atoms. The Morgan fingerprint density at radius 1 is 1.37 bits per heavy atom. The van der Waals surface area contributed by atoms with Crippen molar-refractivity contribution in [1.29, 1.82) is 0 Å². The average molecular weight is 284 g/mol. The molecule has 2 N–H and O–H groups in total. The topological polar surface area (TPSA) is 63.4 Å². The fourth-order valence-corrected chi connectivity index (χ4v) is 4.92. The molecule has 4 nitrogen and oxygen atoms in total. The first-order valence-electron chi connectivity index (χ1n) is 6.47. The highest BCUT2D eigenvalue weighted by Crippen LogP contribution is 2.40. The van der Waals surface area contributed by atoms with Crippen LogP contribution in [0, 0.1) is 18.7 Å². The van der Waals surface area contributed by atoms with Crippen molar-refractivity contribution in [3.8, 4) is 0 Å². The van der Waals surface area contributed by atoms with Crippen LogP contribution in [0.4, 0.5) is 10.1 Å². The van der Waals surface area contributed by atoms with E-state index in [0.29, 0.717) is 18.0 Å². The fraction of sp³-hybridized carbons (Fsp3) is 0.538. The second kappa shape index (κ2) is 4.18. The molecule has 0 radical (unpaired) electrons. The number of hydrogen-bond acceptors (Lipinski definition) is 3. The maximum Gasteiger partial charge on any atom is 0.243 e. The molecule has 1 heterocycles. The molecule has 1 saturated carbocycles. The molecule has 2 atom stereocenters. The monoisotopic (exact) mass is 284 g/mol. The number of fused-ring (bicyclic) bond motifs is 2. The highest BCUT2D eigenvalue weighted by Gasteiger charge is 2.44. The zero-order chi connectivity index (χ0) is 13.8. The Morgan fingerprint density at radius 2 is 2.11 bits per heavy atom. The number of halogens is 1. The molecule has 1 aromatic rings. The number of hydrogen-bond donors (Lipinski definition) is 1. The molecule has 1 aromatic carbocycles. The van der Waals surface area contributed by atoms with Crippen molar-refractivity contribution in [1.82, 2.24) is 4.31 Å². The largest absolute Gasteiger partial charge is 0.398 e. The van der Waals surface area contributed by atoms with E-state index < -0.39 is 15.8 Å². The summed E-state index contributed by atoms with van der Waals surface area (Å²) in [5.41, 5.74) is 6.15. The Hall–Kier alpha value is -1.14. The van der Waals surface area contributed by atoms with E-state index in [4.69, 9.17) is 5.73 Å². The molecule has 19 heavy (non-hydrogen) atoms. The van der Waals surface area contributed by atoms with Crippen molar-refractivity contribution in [3.05, 3.63) is 23.5 Å². The number of piperidine rings is 1. The molecule has 6 heteroatoms. The van der Waals surface area contributed by atoms with Crippen molar-refractivity contribution in [2.24, 2.45) is 5.92 Å². The normalized spacial score (nSPS) is 27.1. The van der Waals surface area contributed by atoms with Crippen LogP contribution in [0.25, 0.3) is 0 Å². The van der Waals surface area contributed by atoms with Gasteiger partial charge in [-0.2, -0.15) is 4.31 Å². The Bertz CT molecular complexity index is 607. The maximum absolute atomic E-state index is 13.7. The lowest BCUT2D eigenvalue weighted by molar-refractivity contribution is 0.333. The summed E-state index contributed by atoms with van der Waals surface area (Å²) in [6, 6.07) is 2.52. The minimum absolute atomic E-state index is 0.0272. The van der Waals surface area contributed by atoms with Gasteiger partial charge in [0.05, 0.1) is 4.90 Å². The minimum Gasteiger partial charge on any atom is -0.398 e. The van der Waals surface area contributed by atoms with Gasteiger partial charge >= 0.3 is 0 Å². The van der Waals surface area contributed by atoms with Gasteiger partial charge in [-0.3, -0.25) is 0 Å². The number of nitrogens with zero attached hydrogens (tertiary/aromatic N) is 1. The highest BCUT2D eigenvalue weighted by molar-refractivity contribution is 7.89. The second-order valence-electron chi connectivity index (χ2n) is 5.53. The van der Waals surface area contributed by atoms with Crippen LogP contribution in [0.1, 0.15) is 24.8 Å². The zero-order valence-electron chi connectivity index (χ0n) is 10.8. The molecular weight excluding hydrogens is 267 g/mol. The summed E-state index contributed by atoms with van der Waals surface area (Å²) in [7, 11) is -3.62.